The normalized spacial score (nSPS) is 26.8. The number of aryl methyl sites for hydroxylation is 1. The second-order valence-electron chi connectivity index (χ2n) is 5.56. The molecule has 1 amide bonds. The van der Waals surface area contributed by atoms with E-state index in [1.807, 2.05) is 4.90 Å². The Labute approximate surface area is 119 Å². The molecule has 2 aliphatic heterocycles. The first-order valence-electron chi connectivity index (χ1n) is 7.32. The molecule has 2 aliphatic rings. The van der Waals surface area contributed by atoms with Crippen molar-refractivity contribution in [2.75, 3.05) is 26.3 Å². The molecule has 0 saturated carbocycles. The van der Waals surface area contributed by atoms with Gasteiger partial charge in [0.15, 0.2) is 0 Å². The molecule has 0 aromatic heterocycles. The molecular weight excluding hydrogens is 254 g/mol. The minimum absolute atomic E-state index is 0.0188. The highest BCUT2D eigenvalue weighted by molar-refractivity contribution is 5.81. The predicted octanol–water partition coefficient (Wildman–Crippen LogP) is 2.07. The SMILES string of the molecule is Cc1ccc([C@H]2CN(C(=O)[C@@H]3CCCO3)CCO2)cc1. The topological polar surface area (TPSA) is 38.8 Å². The van der Waals surface area contributed by atoms with Gasteiger partial charge in [0.2, 0.25) is 0 Å². The van der Waals surface area contributed by atoms with E-state index in [2.05, 4.69) is 31.2 Å². The van der Waals surface area contributed by atoms with Crippen molar-refractivity contribution in [3.8, 4) is 0 Å². The minimum Gasteiger partial charge on any atom is -0.370 e. The molecule has 2 fully saturated rings. The fraction of sp³-hybridized carbons (Fsp3) is 0.562. The molecular formula is C16H21NO3. The molecule has 0 unspecified atom stereocenters. The summed E-state index contributed by atoms with van der Waals surface area (Å²) in [6, 6.07) is 8.33. The number of nitrogens with zero attached hydrogens (tertiary/aromatic N) is 1. The molecule has 4 heteroatoms. The third-order valence-electron chi connectivity index (χ3n) is 4.03. The van der Waals surface area contributed by atoms with Crippen LogP contribution in [0.1, 0.15) is 30.1 Å². The summed E-state index contributed by atoms with van der Waals surface area (Å²) < 4.78 is 11.3. The number of benzene rings is 1. The van der Waals surface area contributed by atoms with Crippen molar-refractivity contribution in [1.82, 2.24) is 4.90 Å². The minimum atomic E-state index is -0.230. The fourth-order valence-electron chi connectivity index (χ4n) is 2.81. The second kappa shape index (κ2) is 5.94. The lowest BCUT2D eigenvalue weighted by atomic mass is 10.1. The molecule has 0 spiro atoms. The Morgan fingerprint density at radius 2 is 2.00 bits per heavy atom. The maximum absolute atomic E-state index is 12.4. The molecule has 1 aromatic carbocycles. The van der Waals surface area contributed by atoms with E-state index >= 15 is 0 Å². The molecule has 2 atom stereocenters. The number of hydrogen-bond donors (Lipinski definition) is 0. The summed E-state index contributed by atoms with van der Waals surface area (Å²) >= 11 is 0. The number of amides is 1. The van der Waals surface area contributed by atoms with Gasteiger partial charge in [0.1, 0.15) is 12.2 Å². The van der Waals surface area contributed by atoms with Gasteiger partial charge in [0, 0.05) is 13.2 Å². The second-order valence-corrected chi connectivity index (χ2v) is 5.56. The average molecular weight is 275 g/mol. The van der Waals surface area contributed by atoms with Crippen LogP contribution in [-0.4, -0.2) is 43.2 Å². The van der Waals surface area contributed by atoms with Crippen molar-refractivity contribution in [1.29, 1.82) is 0 Å². The van der Waals surface area contributed by atoms with Crippen molar-refractivity contribution in [2.24, 2.45) is 0 Å². The van der Waals surface area contributed by atoms with Crippen LogP contribution in [0.5, 0.6) is 0 Å². The van der Waals surface area contributed by atoms with Gasteiger partial charge in [-0.05, 0) is 25.3 Å². The molecule has 108 valence electrons. The number of hydrogen-bond acceptors (Lipinski definition) is 3. The molecule has 4 nitrogen and oxygen atoms in total. The number of carbonyl (C=O) groups is 1. The Balaban J connectivity index is 1.66. The summed E-state index contributed by atoms with van der Waals surface area (Å²) in [5.41, 5.74) is 2.37. The lowest BCUT2D eigenvalue weighted by molar-refractivity contribution is -0.148. The van der Waals surface area contributed by atoms with E-state index in [-0.39, 0.29) is 18.1 Å². The molecule has 2 heterocycles. The van der Waals surface area contributed by atoms with Crippen molar-refractivity contribution < 1.29 is 14.3 Å². The Bertz CT molecular complexity index is 465. The van der Waals surface area contributed by atoms with Crippen LogP contribution in [0.2, 0.25) is 0 Å². The van der Waals surface area contributed by atoms with Gasteiger partial charge in [-0.15, -0.1) is 0 Å². The smallest absolute Gasteiger partial charge is 0.251 e. The fourth-order valence-corrected chi connectivity index (χ4v) is 2.81. The van der Waals surface area contributed by atoms with Crippen molar-refractivity contribution in [3.05, 3.63) is 35.4 Å². The van der Waals surface area contributed by atoms with E-state index in [0.29, 0.717) is 26.3 Å². The first-order chi connectivity index (χ1) is 9.74. The zero-order valence-corrected chi connectivity index (χ0v) is 11.9. The molecule has 20 heavy (non-hydrogen) atoms. The van der Waals surface area contributed by atoms with Crippen LogP contribution in [0.15, 0.2) is 24.3 Å². The van der Waals surface area contributed by atoms with Gasteiger partial charge in [-0.1, -0.05) is 29.8 Å². The summed E-state index contributed by atoms with van der Waals surface area (Å²) in [6.45, 7) is 4.67. The third kappa shape index (κ3) is 2.86. The van der Waals surface area contributed by atoms with Crippen LogP contribution < -0.4 is 0 Å². The summed E-state index contributed by atoms with van der Waals surface area (Å²) in [5.74, 6) is 0.128. The summed E-state index contributed by atoms with van der Waals surface area (Å²) in [7, 11) is 0. The van der Waals surface area contributed by atoms with Gasteiger partial charge in [0.25, 0.3) is 5.91 Å². The maximum Gasteiger partial charge on any atom is 0.251 e. The zero-order chi connectivity index (χ0) is 13.9. The van der Waals surface area contributed by atoms with Gasteiger partial charge < -0.3 is 14.4 Å². The third-order valence-corrected chi connectivity index (χ3v) is 4.03. The maximum atomic E-state index is 12.4. The highest BCUT2D eigenvalue weighted by atomic mass is 16.5. The summed E-state index contributed by atoms with van der Waals surface area (Å²) in [5, 5.41) is 0. The Morgan fingerprint density at radius 3 is 2.70 bits per heavy atom. The molecule has 3 rings (SSSR count). The number of morpholine rings is 1. The summed E-state index contributed by atoms with van der Waals surface area (Å²) in [4.78, 5) is 14.3. The van der Waals surface area contributed by atoms with Crippen molar-refractivity contribution in [2.45, 2.75) is 32.0 Å². The highest BCUT2D eigenvalue weighted by Gasteiger charge is 2.32. The number of carbonyl (C=O) groups excluding carboxylic acids is 1. The monoisotopic (exact) mass is 275 g/mol. The van der Waals surface area contributed by atoms with Gasteiger partial charge >= 0.3 is 0 Å². The largest absolute Gasteiger partial charge is 0.370 e. The van der Waals surface area contributed by atoms with Gasteiger partial charge in [-0.2, -0.15) is 0 Å². The number of ether oxygens (including phenoxy) is 2. The van der Waals surface area contributed by atoms with Crippen LogP contribution >= 0.6 is 0 Å². The molecule has 2 saturated heterocycles. The van der Waals surface area contributed by atoms with E-state index in [1.165, 1.54) is 5.56 Å². The molecule has 0 aliphatic carbocycles. The van der Waals surface area contributed by atoms with E-state index in [9.17, 15) is 4.79 Å². The quantitative estimate of drug-likeness (QED) is 0.829. The van der Waals surface area contributed by atoms with Gasteiger partial charge in [-0.3, -0.25) is 4.79 Å². The first kappa shape index (κ1) is 13.6. The highest BCUT2D eigenvalue weighted by Crippen LogP contribution is 2.24. The van der Waals surface area contributed by atoms with E-state index in [4.69, 9.17) is 9.47 Å². The molecule has 0 N–H and O–H groups in total. The van der Waals surface area contributed by atoms with E-state index in [0.717, 1.165) is 18.4 Å². The summed E-state index contributed by atoms with van der Waals surface area (Å²) in [6.07, 6.45) is 1.59. The lowest BCUT2D eigenvalue weighted by Crippen LogP contribution is -2.46. The number of rotatable bonds is 2. The van der Waals surface area contributed by atoms with Gasteiger partial charge in [0.05, 0.1) is 13.2 Å². The van der Waals surface area contributed by atoms with Crippen LogP contribution in [0.25, 0.3) is 0 Å². The van der Waals surface area contributed by atoms with Gasteiger partial charge in [-0.25, -0.2) is 0 Å². The molecule has 1 aromatic rings. The molecule has 0 radical (unpaired) electrons. The molecule has 0 bridgehead atoms. The van der Waals surface area contributed by atoms with Crippen LogP contribution in [-0.2, 0) is 14.3 Å². The first-order valence-corrected chi connectivity index (χ1v) is 7.32. The van der Waals surface area contributed by atoms with Crippen LogP contribution in [0.3, 0.4) is 0 Å². The standard InChI is InChI=1S/C16H21NO3/c1-12-4-6-13(7-5-12)15-11-17(8-10-20-15)16(18)14-3-2-9-19-14/h4-7,14-15H,2-3,8-11H2,1H3/t14-,15+/m0/s1. The zero-order valence-electron chi connectivity index (χ0n) is 11.9. The van der Waals surface area contributed by atoms with E-state index < -0.39 is 0 Å². The Hall–Kier alpha value is -1.39. The average Bonchev–Trinajstić information content (AvgIpc) is 3.01. The lowest BCUT2D eigenvalue weighted by Gasteiger charge is -2.34. The van der Waals surface area contributed by atoms with Crippen LogP contribution in [0.4, 0.5) is 0 Å². The Morgan fingerprint density at radius 1 is 1.20 bits per heavy atom. The van der Waals surface area contributed by atoms with Crippen molar-refractivity contribution >= 4 is 5.91 Å². The Kier molecular flexibility index (Phi) is 4.03. The van der Waals surface area contributed by atoms with E-state index in [1.54, 1.807) is 0 Å². The predicted molar refractivity (Wildman–Crippen MR) is 75.4 cm³/mol. The van der Waals surface area contributed by atoms with Crippen molar-refractivity contribution in [3.63, 3.8) is 0 Å². The van der Waals surface area contributed by atoms with Crippen LogP contribution in [0, 0.1) is 6.92 Å².